The fraction of sp³-hybridized carbons (Fsp3) is 0.667. The van der Waals surface area contributed by atoms with E-state index < -0.39 is 11.9 Å². The van der Waals surface area contributed by atoms with Crippen LogP contribution in [0.4, 0.5) is 4.79 Å². The lowest BCUT2D eigenvalue weighted by Crippen LogP contribution is -2.41. The highest BCUT2D eigenvalue weighted by atomic mass is 16.5. The van der Waals surface area contributed by atoms with Gasteiger partial charge in [-0.25, -0.2) is 4.79 Å². The molecule has 0 heterocycles. The van der Waals surface area contributed by atoms with E-state index in [9.17, 15) is 14.4 Å². The lowest BCUT2D eigenvalue weighted by atomic mass is 10.3. The van der Waals surface area contributed by atoms with Crippen molar-refractivity contribution in [3.05, 3.63) is 0 Å². The number of likely N-dealkylation sites (N-methyl/N-ethyl adjacent to an activating group) is 1. The lowest BCUT2D eigenvalue weighted by Gasteiger charge is -2.14. The van der Waals surface area contributed by atoms with Crippen molar-refractivity contribution in [2.75, 3.05) is 27.2 Å². The maximum absolute atomic E-state index is 11.1. The summed E-state index contributed by atoms with van der Waals surface area (Å²) in [5.41, 5.74) is 4.78. The summed E-state index contributed by atoms with van der Waals surface area (Å²) in [6.07, 6.45) is 0.894. The van der Waals surface area contributed by atoms with Crippen LogP contribution in [-0.2, 0) is 14.3 Å². The molecule has 0 bridgehead atoms. The standard InChI is InChI=1S/C9H17N3O4/c1-12(5-3-4-8(14)16-2)6-7(13)11-9(10)15/h3-6H2,1-2H3,(H3,10,11,13,15). The third-order valence-corrected chi connectivity index (χ3v) is 1.82. The van der Waals surface area contributed by atoms with Crippen LogP contribution in [0.2, 0.25) is 0 Å². The fourth-order valence-electron chi connectivity index (χ4n) is 1.10. The second kappa shape index (κ2) is 7.63. The van der Waals surface area contributed by atoms with Gasteiger partial charge < -0.3 is 10.5 Å². The quantitative estimate of drug-likeness (QED) is 0.575. The molecule has 0 saturated heterocycles. The van der Waals surface area contributed by atoms with E-state index in [-0.39, 0.29) is 12.5 Å². The average molecular weight is 231 g/mol. The summed E-state index contributed by atoms with van der Waals surface area (Å²) in [6, 6.07) is -0.868. The highest BCUT2D eigenvalue weighted by Gasteiger charge is 2.08. The molecule has 3 amide bonds. The number of ether oxygens (including phenoxy) is 1. The number of hydrogen-bond acceptors (Lipinski definition) is 5. The molecule has 92 valence electrons. The Bertz CT molecular complexity index is 267. The van der Waals surface area contributed by atoms with Gasteiger partial charge in [0.25, 0.3) is 0 Å². The van der Waals surface area contributed by atoms with E-state index in [1.54, 1.807) is 11.9 Å². The monoisotopic (exact) mass is 231 g/mol. The molecule has 0 spiro atoms. The minimum absolute atomic E-state index is 0.0596. The second-order valence-corrected chi connectivity index (χ2v) is 3.33. The molecule has 0 aromatic carbocycles. The molecule has 0 saturated carbocycles. The Labute approximate surface area is 93.9 Å². The van der Waals surface area contributed by atoms with Crippen LogP contribution < -0.4 is 11.1 Å². The van der Waals surface area contributed by atoms with E-state index >= 15 is 0 Å². The lowest BCUT2D eigenvalue weighted by molar-refractivity contribution is -0.140. The number of imide groups is 1. The molecular weight excluding hydrogens is 214 g/mol. The summed E-state index contributed by atoms with van der Waals surface area (Å²) in [6.45, 7) is 0.616. The van der Waals surface area contributed by atoms with Crippen LogP contribution in [0.25, 0.3) is 0 Å². The van der Waals surface area contributed by atoms with E-state index in [0.717, 1.165) is 0 Å². The third-order valence-electron chi connectivity index (χ3n) is 1.82. The van der Waals surface area contributed by atoms with Crippen LogP contribution in [0.3, 0.4) is 0 Å². The Hall–Kier alpha value is -1.63. The molecule has 7 nitrogen and oxygen atoms in total. The Morgan fingerprint density at radius 2 is 2.00 bits per heavy atom. The van der Waals surface area contributed by atoms with Gasteiger partial charge in [-0.05, 0) is 20.0 Å². The van der Waals surface area contributed by atoms with Crippen molar-refractivity contribution in [1.29, 1.82) is 0 Å². The smallest absolute Gasteiger partial charge is 0.318 e. The minimum Gasteiger partial charge on any atom is -0.469 e. The van der Waals surface area contributed by atoms with Gasteiger partial charge in [0, 0.05) is 6.42 Å². The number of nitrogens with zero attached hydrogens (tertiary/aromatic N) is 1. The van der Waals surface area contributed by atoms with Crippen LogP contribution in [0.1, 0.15) is 12.8 Å². The van der Waals surface area contributed by atoms with Crippen molar-refractivity contribution in [3.8, 4) is 0 Å². The van der Waals surface area contributed by atoms with Crippen molar-refractivity contribution >= 4 is 17.9 Å². The van der Waals surface area contributed by atoms with Crippen LogP contribution in [0.5, 0.6) is 0 Å². The number of hydrogen-bond donors (Lipinski definition) is 2. The van der Waals surface area contributed by atoms with Gasteiger partial charge in [0.15, 0.2) is 0 Å². The molecule has 0 aromatic rings. The first-order valence-electron chi connectivity index (χ1n) is 4.80. The van der Waals surface area contributed by atoms with E-state index in [1.165, 1.54) is 7.11 Å². The molecule has 0 aromatic heterocycles. The average Bonchev–Trinajstić information content (AvgIpc) is 2.15. The van der Waals surface area contributed by atoms with Gasteiger partial charge in [0.05, 0.1) is 13.7 Å². The van der Waals surface area contributed by atoms with Crippen molar-refractivity contribution in [2.45, 2.75) is 12.8 Å². The van der Waals surface area contributed by atoms with Crippen LogP contribution in [0.15, 0.2) is 0 Å². The number of rotatable bonds is 6. The number of amides is 3. The SMILES string of the molecule is COC(=O)CCCN(C)CC(=O)NC(N)=O. The summed E-state index contributed by atoms with van der Waals surface area (Å²) in [7, 11) is 3.03. The Morgan fingerprint density at radius 3 is 2.50 bits per heavy atom. The summed E-state index contributed by atoms with van der Waals surface area (Å²) in [5.74, 6) is -0.747. The van der Waals surface area contributed by atoms with Crippen molar-refractivity contribution in [3.63, 3.8) is 0 Å². The van der Waals surface area contributed by atoms with E-state index in [4.69, 9.17) is 5.73 Å². The summed E-state index contributed by atoms with van der Waals surface area (Å²) in [4.78, 5) is 33.9. The Balaban J connectivity index is 3.65. The highest BCUT2D eigenvalue weighted by molar-refractivity contribution is 5.94. The highest BCUT2D eigenvalue weighted by Crippen LogP contribution is 1.94. The zero-order valence-corrected chi connectivity index (χ0v) is 9.49. The largest absolute Gasteiger partial charge is 0.469 e. The Morgan fingerprint density at radius 1 is 1.38 bits per heavy atom. The van der Waals surface area contributed by atoms with Crippen LogP contribution >= 0.6 is 0 Å². The van der Waals surface area contributed by atoms with E-state index in [2.05, 4.69) is 4.74 Å². The van der Waals surface area contributed by atoms with Gasteiger partial charge in [0.2, 0.25) is 5.91 Å². The van der Waals surface area contributed by atoms with Crippen LogP contribution in [-0.4, -0.2) is 50.1 Å². The van der Waals surface area contributed by atoms with Gasteiger partial charge in [-0.15, -0.1) is 0 Å². The topological polar surface area (TPSA) is 102 Å². The molecule has 16 heavy (non-hydrogen) atoms. The molecule has 0 radical (unpaired) electrons. The first kappa shape index (κ1) is 14.4. The molecule has 0 unspecified atom stereocenters. The predicted octanol–water partition coefficient (Wildman–Crippen LogP) is -0.934. The maximum atomic E-state index is 11.1. The molecule has 7 heteroatoms. The Kier molecular flexibility index (Phi) is 6.86. The number of carbonyl (C=O) groups excluding carboxylic acids is 3. The van der Waals surface area contributed by atoms with Gasteiger partial charge in [0.1, 0.15) is 0 Å². The maximum Gasteiger partial charge on any atom is 0.318 e. The van der Waals surface area contributed by atoms with E-state index in [1.807, 2.05) is 5.32 Å². The molecule has 0 atom stereocenters. The normalized spacial score (nSPS) is 9.94. The summed E-state index contributed by atoms with van der Waals surface area (Å²) < 4.78 is 4.47. The third kappa shape index (κ3) is 7.74. The molecule has 0 aliphatic rings. The van der Waals surface area contributed by atoms with Gasteiger partial charge in [-0.3, -0.25) is 19.8 Å². The van der Waals surface area contributed by atoms with Crippen molar-refractivity contribution in [1.82, 2.24) is 10.2 Å². The number of primary amides is 1. The van der Waals surface area contributed by atoms with Crippen molar-refractivity contribution < 1.29 is 19.1 Å². The summed E-state index contributed by atoms with van der Waals surface area (Å²) in [5, 5.41) is 1.95. The molecule has 0 fully saturated rings. The van der Waals surface area contributed by atoms with Gasteiger partial charge >= 0.3 is 12.0 Å². The van der Waals surface area contributed by atoms with Gasteiger partial charge in [-0.2, -0.15) is 0 Å². The number of nitrogens with two attached hydrogens (primary N) is 1. The first-order chi connectivity index (χ1) is 7.45. The van der Waals surface area contributed by atoms with Crippen LogP contribution in [0, 0.1) is 0 Å². The first-order valence-corrected chi connectivity index (χ1v) is 4.80. The summed E-state index contributed by atoms with van der Waals surface area (Å²) >= 11 is 0. The van der Waals surface area contributed by atoms with Crippen molar-refractivity contribution in [2.24, 2.45) is 5.73 Å². The zero-order valence-electron chi connectivity index (χ0n) is 9.49. The molecule has 0 aliphatic heterocycles. The number of nitrogens with one attached hydrogen (secondary N) is 1. The predicted molar refractivity (Wildman–Crippen MR) is 56.5 cm³/mol. The number of methoxy groups -OCH3 is 1. The zero-order chi connectivity index (χ0) is 12.6. The minimum atomic E-state index is -0.868. The molecule has 0 aliphatic carbocycles. The molecule has 3 N–H and O–H groups in total. The number of esters is 1. The number of urea groups is 1. The molecule has 0 rings (SSSR count). The number of carbonyl (C=O) groups is 3. The fourth-order valence-corrected chi connectivity index (χ4v) is 1.10. The molecular formula is C9H17N3O4. The van der Waals surface area contributed by atoms with E-state index in [0.29, 0.717) is 19.4 Å². The van der Waals surface area contributed by atoms with Gasteiger partial charge in [-0.1, -0.05) is 0 Å². The second-order valence-electron chi connectivity index (χ2n) is 3.33.